The molecule has 1 unspecified atom stereocenters. The monoisotopic (exact) mass is 396 g/mol. The van der Waals surface area contributed by atoms with Gasteiger partial charge in [0.2, 0.25) is 0 Å². The molecule has 1 aromatic carbocycles. The van der Waals surface area contributed by atoms with Gasteiger partial charge >= 0.3 is 0 Å². The van der Waals surface area contributed by atoms with Crippen molar-refractivity contribution in [3.05, 3.63) is 47.5 Å². The van der Waals surface area contributed by atoms with Crippen LogP contribution in [-0.4, -0.2) is 47.1 Å². The Morgan fingerprint density at radius 1 is 1.45 bits per heavy atom. The van der Waals surface area contributed by atoms with Gasteiger partial charge in [0.15, 0.2) is 11.9 Å². The van der Waals surface area contributed by atoms with E-state index < -0.39 is 5.82 Å². The fourth-order valence-electron chi connectivity index (χ4n) is 3.11. The Hall–Kier alpha value is -3.51. The molecule has 0 radical (unpaired) electrons. The van der Waals surface area contributed by atoms with Gasteiger partial charge in [0.25, 0.3) is 0 Å². The molecule has 8 nitrogen and oxygen atoms in total. The third-order valence-electron chi connectivity index (χ3n) is 4.39. The van der Waals surface area contributed by atoms with E-state index in [-0.39, 0.29) is 11.7 Å². The second-order valence-corrected chi connectivity index (χ2v) is 6.38. The predicted octanol–water partition coefficient (Wildman–Crippen LogP) is 2.70. The zero-order valence-corrected chi connectivity index (χ0v) is 16.4. The van der Waals surface area contributed by atoms with Gasteiger partial charge in [0, 0.05) is 19.3 Å². The number of carbonyl (C=O) groups is 1. The Bertz CT molecular complexity index is 1070. The van der Waals surface area contributed by atoms with Crippen molar-refractivity contribution in [2.24, 2.45) is 0 Å². The van der Waals surface area contributed by atoms with Crippen molar-refractivity contribution in [3.8, 4) is 11.8 Å². The number of fused-ring (bicyclic) bond motifs is 1. The van der Waals surface area contributed by atoms with Gasteiger partial charge in [-0.25, -0.2) is 13.9 Å². The lowest BCUT2D eigenvalue weighted by molar-refractivity contribution is 0.112. The van der Waals surface area contributed by atoms with E-state index in [2.05, 4.69) is 15.4 Å². The maximum absolute atomic E-state index is 14.5. The summed E-state index contributed by atoms with van der Waals surface area (Å²) in [6.07, 6.45) is 3.54. The number of nitrogens with zero attached hydrogens (tertiary/aromatic N) is 5. The molecule has 3 aromatic rings. The molecule has 2 aromatic heterocycles. The maximum atomic E-state index is 14.5. The molecule has 0 spiro atoms. The molecular weight excluding hydrogens is 375 g/mol. The number of likely N-dealkylation sites (N-methyl/N-ethyl adjacent to an activating group) is 1. The van der Waals surface area contributed by atoms with Crippen molar-refractivity contribution in [1.82, 2.24) is 19.9 Å². The molecule has 9 heteroatoms. The largest absolute Gasteiger partial charge is 0.487 e. The lowest BCUT2D eigenvalue weighted by Gasteiger charge is -2.27. The number of ether oxygens (including phenoxy) is 1. The SMILES string of the molecule is CCN(c1ccn2ncc(C=O)c2n1)c1c(OC(C)CNC)ccc(F)c1C#N. The normalized spacial score (nSPS) is 11.8. The van der Waals surface area contributed by atoms with Gasteiger partial charge in [-0.15, -0.1) is 0 Å². The summed E-state index contributed by atoms with van der Waals surface area (Å²) >= 11 is 0. The number of halogens is 1. The standard InChI is InChI=1S/C20H21FN6O2/c1-4-26(18-7-8-27-20(25-18)14(12-28)11-24-27)19-15(9-22)16(21)5-6-17(19)29-13(2)10-23-3/h5-8,11-13,23H,4,10H2,1-3H3. The smallest absolute Gasteiger partial charge is 0.167 e. The van der Waals surface area contributed by atoms with E-state index in [1.54, 1.807) is 24.2 Å². The highest BCUT2D eigenvalue weighted by atomic mass is 19.1. The summed E-state index contributed by atoms with van der Waals surface area (Å²) in [5.41, 5.74) is 0.868. The summed E-state index contributed by atoms with van der Waals surface area (Å²) in [4.78, 5) is 17.5. The molecule has 0 aliphatic heterocycles. The van der Waals surface area contributed by atoms with Gasteiger partial charge in [-0.2, -0.15) is 10.4 Å². The minimum atomic E-state index is -0.645. The lowest BCUT2D eigenvalue weighted by Crippen LogP contribution is -2.27. The highest BCUT2D eigenvalue weighted by Gasteiger charge is 2.23. The van der Waals surface area contributed by atoms with Crippen LogP contribution in [0.3, 0.4) is 0 Å². The molecule has 0 bridgehead atoms. The number of nitrogens with one attached hydrogen (secondary N) is 1. The number of aldehydes is 1. The molecule has 1 atom stereocenters. The van der Waals surface area contributed by atoms with Gasteiger partial charge < -0.3 is 15.0 Å². The van der Waals surface area contributed by atoms with Crippen LogP contribution in [0.1, 0.15) is 29.8 Å². The fraction of sp³-hybridized carbons (Fsp3) is 0.300. The number of rotatable bonds is 8. The Kier molecular flexibility index (Phi) is 6.04. The second kappa shape index (κ2) is 8.67. The number of hydrogen-bond donors (Lipinski definition) is 1. The number of anilines is 2. The van der Waals surface area contributed by atoms with E-state index >= 15 is 0 Å². The highest BCUT2D eigenvalue weighted by molar-refractivity contribution is 5.84. The van der Waals surface area contributed by atoms with Crippen LogP contribution in [0.2, 0.25) is 0 Å². The lowest BCUT2D eigenvalue weighted by atomic mass is 10.1. The van der Waals surface area contributed by atoms with Crippen LogP contribution in [0.5, 0.6) is 5.75 Å². The number of nitriles is 1. The van der Waals surface area contributed by atoms with E-state index in [1.807, 2.05) is 19.9 Å². The minimum absolute atomic E-state index is 0.133. The average molecular weight is 396 g/mol. The summed E-state index contributed by atoms with van der Waals surface area (Å²) < 4.78 is 21.9. The zero-order valence-electron chi connectivity index (χ0n) is 16.4. The molecule has 0 aliphatic carbocycles. The molecular formula is C20H21FN6O2. The van der Waals surface area contributed by atoms with Crippen molar-refractivity contribution in [1.29, 1.82) is 5.26 Å². The first-order valence-corrected chi connectivity index (χ1v) is 9.15. The van der Waals surface area contributed by atoms with Crippen molar-refractivity contribution < 1.29 is 13.9 Å². The van der Waals surface area contributed by atoms with Gasteiger partial charge in [0.1, 0.15) is 40.8 Å². The first kappa shape index (κ1) is 20.2. The van der Waals surface area contributed by atoms with Crippen LogP contribution in [0.25, 0.3) is 5.65 Å². The zero-order chi connectivity index (χ0) is 21.0. The Balaban J connectivity index is 2.16. The number of benzene rings is 1. The molecule has 29 heavy (non-hydrogen) atoms. The summed E-state index contributed by atoms with van der Waals surface area (Å²) in [7, 11) is 1.81. The Morgan fingerprint density at radius 3 is 2.90 bits per heavy atom. The van der Waals surface area contributed by atoms with E-state index in [4.69, 9.17) is 4.74 Å². The Morgan fingerprint density at radius 2 is 2.24 bits per heavy atom. The summed E-state index contributed by atoms with van der Waals surface area (Å²) in [5.74, 6) is 0.170. The summed E-state index contributed by atoms with van der Waals surface area (Å²) in [5, 5.41) is 16.7. The van der Waals surface area contributed by atoms with Gasteiger partial charge in [-0.3, -0.25) is 4.79 Å². The topological polar surface area (TPSA) is 95.6 Å². The third-order valence-corrected chi connectivity index (χ3v) is 4.39. The Labute approximate surface area is 167 Å². The first-order valence-electron chi connectivity index (χ1n) is 9.15. The quantitative estimate of drug-likeness (QED) is 0.585. The molecule has 0 saturated carbocycles. The van der Waals surface area contributed by atoms with Gasteiger partial charge in [-0.1, -0.05) is 0 Å². The van der Waals surface area contributed by atoms with Crippen LogP contribution in [-0.2, 0) is 0 Å². The van der Waals surface area contributed by atoms with Crippen LogP contribution >= 0.6 is 0 Å². The molecule has 3 rings (SSSR count). The maximum Gasteiger partial charge on any atom is 0.167 e. The van der Waals surface area contributed by atoms with Gasteiger partial charge in [-0.05, 0) is 39.1 Å². The van der Waals surface area contributed by atoms with Crippen molar-refractivity contribution in [3.63, 3.8) is 0 Å². The molecule has 0 saturated heterocycles. The number of carbonyl (C=O) groups excluding carboxylic acids is 1. The molecule has 1 N–H and O–H groups in total. The molecule has 2 heterocycles. The fourth-order valence-corrected chi connectivity index (χ4v) is 3.11. The molecule has 150 valence electrons. The van der Waals surface area contributed by atoms with Crippen LogP contribution < -0.4 is 15.0 Å². The average Bonchev–Trinajstić information content (AvgIpc) is 3.13. The first-order chi connectivity index (χ1) is 14.0. The summed E-state index contributed by atoms with van der Waals surface area (Å²) in [6, 6.07) is 6.35. The highest BCUT2D eigenvalue weighted by Crippen LogP contribution is 2.38. The number of hydrogen-bond acceptors (Lipinski definition) is 7. The van der Waals surface area contributed by atoms with Gasteiger partial charge in [0.05, 0.1) is 11.8 Å². The predicted molar refractivity (Wildman–Crippen MR) is 106 cm³/mol. The van der Waals surface area contributed by atoms with E-state index in [0.29, 0.717) is 47.8 Å². The van der Waals surface area contributed by atoms with Crippen molar-refractivity contribution in [2.45, 2.75) is 20.0 Å². The molecule has 0 amide bonds. The van der Waals surface area contributed by atoms with Crippen molar-refractivity contribution in [2.75, 3.05) is 25.0 Å². The molecule has 0 aliphatic rings. The number of aromatic nitrogens is 3. The minimum Gasteiger partial charge on any atom is -0.487 e. The van der Waals surface area contributed by atoms with E-state index in [9.17, 15) is 14.4 Å². The van der Waals surface area contributed by atoms with E-state index in [1.165, 1.54) is 22.8 Å². The summed E-state index contributed by atoms with van der Waals surface area (Å²) in [6.45, 7) is 4.70. The van der Waals surface area contributed by atoms with Crippen molar-refractivity contribution >= 4 is 23.4 Å². The molecule has 0 fully saturated rings. The van der Waals surface area contributed by atoms with Crippen LogP contribution in [0.4, 0.5) is 15.9 Å². The third kappa shape index (κ3) is 3.88. The van der Waals surface area contributed by atoms with E-state index in [0.717, 1.165) is 0 Å². The second-order valence-electron chi connectivity index (χ2n) is 6.38. The van der Waals surface area contributed by atoms with Crippen LogP contribution in [0, 0.1) is 17.1 Å². The van der Waals surface area contributed by atoms with Crippen LogP contribution in [0.15, 0.2) is 30.6 Å².